The number of unbranched alkanes of at least 4 members (excludes halogenated alkanes) is 25. The molecular weight excluding hydrogens is 820 g/mol. The zero-order chi connectivity index (χ0) is 49.0. The molecule has 0 aliphatic carbocycles. The Bertz CT molecular complexity index is 1340. The van der Waals surface area contributed by atoms with Gasteiger partial charge in [-0.3, -0.25) is 4.57 Å². The first-order valence-corrected chi connectivity index (χ1v) is 29.6. The topological polar surface area (TPSA) is 76.0 Å². The van der Waals surface area contributed by atoms with Crippen molar-refractivity contribution in [3.8, 4) is 5.75 Å². The van der Waals surface area contributed by atoms with Crippen LogP contribution in [0.25, 0.3) is 0 Å². The minimum Gasteiger partial charge on any atom is -0.507 e. The van der Waals surface area contributed by atoms with Crippen molar-refractivity contribution >= 4 is 7.60 Å². The van der Waals surface area contributed by atoms with Gasteiger partial charge in [0.2, 0.25) is 0 Å². The van der Waals surface area contributed by atoms with Crippen molar-refractivity contribution in [1.29, 1.82) is 0 Å². The van der Waals surface area contributed by atoms with Gasteiger partial charge in [0.05, 0.1) is 25.5 Å². The third-order valence-electron chi connectivity index (χ3n) is 14.3. The van der Waals surface area contributed by atoms with Crippen LogP contribution in [-0.2, 0) is 30.6 Å². The molecule has 0 saturated heterocycles. The molecule has 0 bridgehead atoms. The Morgan fingerprint density at radius 2 is 0.769 bits per heavy atom. The summed E-state index contributed by atoms with van der Waals surface area (Å²) < 4.78 is 27.9. The average Bonchev–Trinajstić information content (AvgIpc) is 3.19. The van der Waals surface area contributed by atoms with Crippen LogP contribution < -0.4 is 0 Å². The van der Waals surface area contributed by atoms with Gasteiger partial charge >= 0.3 is 7.60 Å². The maximum absolute atomic E-state index is 15.0. The molecule has 2 N–H and O–H groups in total. The highest BCUT2D eigenvalue weighted by molar-refractivity contribution is 7.53. The van der Waals surface area contributed by atoms with E-state index in [-0.39, 0.29) is 46.3 Å². The van der Waals surface area contributed by atoms with E-state index in [1.807, 2.05) is 12.1 Å². The lowest BCUT2D eigenvalue weighted by Crippen LogP contribution is -2.43. The molecule has 1 rings (SSSR count). The van der Waals surface area contributed by atoms with Crippen molar-refractivity contribution in [3.63, 3.8) is 0 Å². The summed E-state index contributed by atoms with van der Waals surface area (Å²) >= 11 is 0. The minimum atomic E-state index is -3.59. The van der Waals surface area contributed by atoms with E-state index in [9.17, 15) is 10.2 Å². The molecule has 0 aliphatic heterocycles. The predicted molar refractivity (Wildman–Crippen MR) is 286 cm³/mol. The predicted octanol–water partition coefficient (Wildman–Crippen LogP) is 19.8. The highest BCUT2D eigenvalue weighted by Gasteiger charge is 2.40. The Hall–Kier alpha value is -0.870. The lowest BCUT2D eigenvalue weighted by atomic mass is 9.65. The van der Waals surface area contributed by atoms with E-state index < -0.39 is 13.7 Å². The van der Waals surface area contributed by atoms with Gasteiger partial charge in [-0.05, 0) is 69.4 Å². The molecule has 0 saturated carbocycles. The molecular formula is C59H113O5P. The molecule has 0 heterocycles. The Balaban J connectivity index is 2.98. The fourth-order valence-electron chi connectivity index (χ4n) is 9.99. The molecule has 0 aliphatic rings. The number of phenols is 1. The van der Waals surface area contributed by atoms with E-state index in [0.29, 0.717) is 18.8 Å². The first-order chi connectivity index (χ1) is 30.5. The van der Waals surface area contributed by atoms with E-state index >= 15 is 4.57 Å². The second-order valence-electron chi connectivity index (χ2n) is 24.8. The lowest BCUT2D eigenvalue weighted by Gasteiger charge is -2.43. The smallest absolute Gasteiger partial charge is 0.335 e. The van der Waals surface area contributed by atoms with E-state index in [1.54, 1.807) is 0 Å². The van der Waals surface area contributed by atoms with Crippen molar-refractivity contribution in [2.24, 2.45) is 22.7 Å². The number of phenolic OH excluding ortho intramolecular Hbond substituents is 1. The summed E-state index contributed by atoms with van der Waals surface area (Å²) in [5.41, 5.74) is 1.78. The fraction of sp³-hybridized carbons (Fsp3) is 0.898. The van der Waals surface area contributed by atoms with Gasteiger partial charge in [-0.25, -0.2) is 0 Å². The zero-order valence-electron chi connectivity index (χ0n) is 46.1. The Kier molecular flexibility index (Phi) is 31.4. The zero-order valence-corrected chi connectivity index (χ0v) is 47.0. The Morgan fingerprint density at radius 1 is 0.462 bits per heavy atom. The van der Waals surface area contributed by atoms with Crippen molar-refractivity contribution in [2.75, 3.05) is 13.2 Å². The first-order valence-electron chi connectivity index (χ1n) is 27.9. The third kappa shape index (κ3) is 27.8. The van der Waals surface area contributed by atoms with Gasteiger partial charge in [-0.2, -0.15) is 0 Å². The molecule has 0 amide bonds. The van der Waals surface area contributed by atoms with Crippen LogP contribution in [-0.4, -0.2) is 29.5 Å². The van der Waals surface area contributed by atoms with Crippen LogP contribution in [0.15, 0.2) is 12.1 Å². The van der Waals surface area contributed by atoms with Crippen LogP contribution in [0.4, 0.5) is 0 Å². The molecule has 0 spiro atoms. The summed E-state index contributed by atoms with van der Waals surface area (Å²) in [6.45, 7) is 31.5. The Labute approximate surface area is 406 Å². The highest BCUT2D eigenvalue weighted by Crippen LogP contribution is 2.54. The average molecular weight is 934 g/mol. The van der Waals surface area contributed by atoms with Crippen LogP contribution >= 0.6 is 7.60 Å². The van der Waals surface area contributed by atoms with Crippen molar-refractivity contribution in [1.82, 2.24) is 0 Å². The van der Waals surface area contributed by atoms with E-state index in [2.05, 4.69) is 96.9 Å². The highest BCUT2D eigenvalue weighted by atomic mass is 31.2. The summed E-state index contributed by atoms with van der Waals surface area (Å²) in [4.78, 5) is 0. The van der Waals surface area contributed by atoms with Crippen LogP contribution in [0, 0.1) is 22.7 Å². The number of aromatic hydroxyl groups is 1. The summed E-state index contributed by atoms with van der Waals surface area (Å²) in [6.07, 6.45) is 36.7. The molecule has 5 nitrogen and oxygen atoms in total. The Morgan fingerprint density at radius 3 is 1.11 bits per heavy atom. The van der Waals surface area contributed by atoms with Gasteiger partial charge in [-0.1, -0.05) is 276 Å². The van der Waals surface area contributed by atoms with Crippen LogP contribution in [0.2, 0.25) is 0 Å². The maximum Gasteiger partial charge on any atom is 0.335 e. The van der Waals surface area contributed by atoms with Crippen molar-refractivity contribution < 1.29 is 23.8 Å². The van der Waals surface area contributed by atoms with E-state index in [1.165, 1.54) is 154 Å². The number of aliphatic hydroxyl groups is 1. The van der Waals surface area contributed by atoms with Crippen LogP contribution in [0.5, 0.6) is 5.75 Å². The van der Waals surface area contributed by atoms with Gasteiger partial charge in [0.1, 0.15) is 5.75 Å². The van der Waals surface area contributed by atoms with Gasteiger partial charge in [0.25, 0.3) is 0 Å². The summed E-state index contributed by atoms with van der Waals surface area (Å²) in [5.74, 6) is 0.455. The maximum atomic E-state index is 15.0. The van der Waals surface area contributed by atoms with E-state index in [0.717, 1.165) is 42.4 Å². The number of aliphatic hydroxyl groups excluding tert-OH is 1. The molecule has 65 heavy (non-hydrogen) atoms. The van der Waals surface area contributed by atoms with Gasteiger partial charge in [0.15, 0.2) is 0 Å². The van der Waals surface area contributed by atoms with Gasteiger partial charge in [-0.15, -0.1) is 0 Å². The fourth-order valence-corrected chi connectivity index (χ4v) is 11.7. The lowest BCUT2D eigenvalue weighted by molar-refractivity contribution is -0.0485. The quantitative estimate of drug-likeness (QED) is 0.0510. The molecule has 6 heteroatoms. The molecule has 0 radical (unpaired) electrons. The summed E-state index contributed by atoms with van der Waals surface area (Å²) in [5, 5.41) is 23.8. The largest absolute Gasteiger partial charge is 0.507 e. The van der Waals surface area contributed by atoms with Crippen LogP contribution in [0.1, 0.15) is 300 Å². The standard InChI is InChI=1S/C59H113O5P/c1-15-17-19-21-23-25-27-28-29-30-31-33-35-37-39-41-44-63-65(62,48-49-46-52(58(9,10)11)55(61)53(47-49)59(12,13)14)64-45-43-51(57(6,7)8)54(60)50(56(3,4)5)42-40-38-36-34-32-26-24-22-20-18-16-2/h46-47,50-51,54,60-61H,15-45,48H2,1-14H3. The molecule has 1 aromatic carbocycles. The second kappa shape index (κ2) is 32.8. The number of benzene rings is 1. The number of rotatable bonds is 38. The molecule has 1 aromatic rings. The van der Waals surface area contributed by atoms with Crippen molar-refractivity contribution in [3.05, 3.63) is 28.8 Å². The summed E-state index contributed by atoms with van der Waals surface area (Å²) in [7, 11) is -3.59. The normalized spacial score (nSPS) is 15.3. The molecule has 0 aromatic heterocycles. The second-order valence-corrected chi connectivity index (χ2v) is 26.9. The molecule has 384 valence electrons. The van der Waals surface area contributed by atoms with Crippen LogP contribution in [0.3, 0.4) is 0 Å². The molecule has 4 unspecified atom stereocenters. The first kappa shape index (κ1) is 62.1. The van der Waals surface area contributed by atoms with E-state index in [4.69, 9.17) is 9.05 Å². The van der Waals surface area contributed by atoms with Crippen molar-refractivity contribution in [2.45, 2.75) is 306 Å². The van der Waals surface area contributed by atoms with Gasteiger partial charge < -0.3 is 19.3 Å². The SMILES string of the molecule is CCCCCCCCCCCCCCCCCCOP(=O)(Cc1cc(C(C)(C)C)c(O)c(C(C)(C)C)c1)OCCC(C(O)C(CCCCCCCCCCCCC)C(C)(C)C)C(C)(C)C. The number of hydrogen-bond acceptors (Lipinski definition) is 5. The number of hydrogen-bond donors (Lipinski definition) is 2. The molecule has 4 atom stereocenters. The van der Waals surface area contributed by atoms with Gasteiger partial charge in [0, 0.05) is 0 Å². The third-order valence-corrected chi connectivity index (χ3v) is 16.2. The molecule has 0 fully saturated rings. The monoisotopic (exact) mass is 933 g/mol. The summed E-state index contributed by atoms with van der Waals surface area (Å²) in [6, 6.07) is 4.03. The minimum absolute atomic E-state index is 0.0261.